The van der Waals surface area contributed by atoms with Crippen LogP contribution in [0.3, 0.4) is 0 Å². The summed E-state index contributed by atoms with van der Waals surface area (Å²) in [6, 6.07) is 13.6. The molecule has 0 nitrogen and oxygen atoms in total. The van der Waals surface area contributed by atoms with Crippen LogP contribution in [0.4, 0.5) is 0 Å². The summed E-state index contributed by atoms with van der Waals surface area (Å²) in [5, 5.41) is 5.54. The van der Waals surface area contributed by atoms with Crippen LogP contribution in [0.5, 0.6) is 0 Å². The van der Waals surface area contributed by atoms with E-state index in [2.05, 4.69) is 70.7 Å². The van der Waals surface area contributed by atoms with E-state index in [1.165, 1.54) is 16.3 Å². The first-order chi connectivity index (χ1) is 10.2. The van der Waals surface area contributed by atoms with Gasteiger partial charge in [-0.15, -0.1) is 0 Å². The Morgan fingerprint density at radius 3 is 2.32 bits per heavy atom. The van der Waals surface area contributed by atoms with E-state index < -0.39 is 17.6 Å². The van der Waals surface area contributed by atoms with Gasteiger partial charge in [0.25, 0.3) is 0 Å². The molecule has 0 atom stereocenters. The van der Waals surface area contributed by atoms with Gasteiger partial charge in [-0.3, -0.25) is 0 Å². The first-order valence-electron chi connectivity index (χ1n) is 8.07. The predicted molar refractivity (Wildman–Crippen MR) is 108 cm³/mol. The highest BCUT2D eigenvalue weighted by Gasteiger charge is 2.18. The van der Waals surface area contributed by atoms with E-state index >= 15 is 0 Å². The van der Waals surface area contributed by atoms with Crippen LogP contribution >= 0.6 is 11.6 Å². The van der Waals surface area contributed by atoms with Gasteiger partial charge in [-0.2, -0.15) is 0 Å². The SMILES string of the molecule is Cc1cc([SiH2]c2cccc(Cl)c2C(C)C)cc([Si](C)(C)C)c1. The van der Waals surface area contributed by atoms with Crippen molar-refractivity contribution >= 4 is 44.8 Å². The maximum absolute atomic E-state index is 6.45. The van der Waals surface area contributed by atoms with Gasteiger partial charge in [0.05, 0.1) is 17.6 Å². The number of benzene rings is 2. The molecule has 0 N–H and O–H groups in total. The Morgan fingerprint density at radius 1 is 1.05 bits per heavy atom. The lowest BCUT2D eigenvalue weighted by atomic mass is 10.0. The summed E-state index contributed by atoms with van der Waals surface area (Å²) >= 11 is 6.45. The van der Waals surface area contributed by atoms with Crippen LogP contribution in [-0.2, 0) is 0 Å². The molecule has 0 heterocycles. The van der Waals surface area contributed by atoms with E-state index in [9.17, 15) is 0 Å². The van der Waals surface area contributed by atoms with Gasteiger partial charge in [0.15, 0.2) is 0 Å². The molecule has 0 aliphatic heterocycles. The highest BCUT2D eigenvalue weighted by atomic mass is 35.5. The summed E-state index contributed by atoms with van der Waals surface area (Å²) in [6.45, 7) is 14.0. The highest BCUT2D eigenvalue weighted by Crippen LogP contribution is 2.21. The smallest absolute Gasteiger partial charge is 0.0840 e. The van der Waals surface area contributed by atoms with Gasteiger partial charge in [0.2, 0.25) is 0 Å². The molecule has 0 saturated carbocycles. The Labute approximate surface area is 143 Å². The molecule has 0 aliphatic rings. The third-order valence-corrected chi connectivity index (χ3v) is 8.28. The second kappa shape index (κ2) is 6.73. The maximum Gasteiger partial charge on any atom is 0.0879 e. The summed E-state index contributed by atoms with van der Waals surface area (Å²) in [5.41, 5.74) is 2.75. The van der Waals surface area contributed by atoms with Crippen molar-refractivity contribution in [1.29, 1.82) is 0 Å². The fourth-order valence-corrected chi connectivity index (χ4v) is 7.24. The zero-order valence-corrected chi connectivity index (χ0v) is 17.8. The van der Waals surface area contributed by atoms with E-state index in [1.54, 1.807) is 10.4 Å². The van der Waals surface area contributed by atoms with Crippen LogP contribution in [0.25, 0.3) is 0 Å². The Hall–Kier alpha value is -0.836. The topological polar surface area (TPSA) is 0 Å². The van der Waals surface area contributed by atoms with Crippen molar-refractivity contribution < 1.29 is 0 Å². The average molecular weight is 347 g/mol. The van der Waals surface area contributed by atoms with Crippen LogP contribution in [0.1, 0.15) is 30.9 Å². The maximum atomic E-state index is 6.45. The molecule has 22 heavy (non-hydrogen) atoms. The van der Waals surface area contributed by atoms with Gasteiger partial charge < -0.3 is 0 Å². The third-order valence-electron chi connectivity index (χ3n) is 4.12. The average Bonchev–Trinajstić information content (AvgIpc) is 2.36. The Morgan fingerprint density at radius 2 is 1.73 bits per heavy atom. The van der Waals surface area contributed by atoms with Crippen molar-refractivity contribution in [2.24, 2.45) is 0 Å². The fraction of sp³-hybridized carbons (Fsp3) is 0.368. The van der Waals surface area contributed by atoms with Crippen molar-refractivity contribution in [2.45, 2.75) is 46.3 Å². The van der Waals surface area contributed by atoms with Gasteiger partial charge in [0, 0.05) is 5.02 Å². The second-order valence-electron chi connectivity index (χ2n) is 7.60. The zero-order chi connectivity index (χ0) is 16.5. The van der Waals surface area contributed by atoms with Gasteiger partial charge >= 0.3 is 0 Å². The number of halogens is 1. The zero-order valence-electron chi connectivity index (χ0n) is 14.6. The number of hydrogen-bond donors (Lipinski definition) is 0. The lowest BCUT2D eigenvalue weighted by Crippen LogP contribution is -2.41. The predicted octanol–water partition coefficient (Wildman–Crippen LogP) is 3.44. The summed E-state index contributed by atoms with van der Waals surface area (Å²) in [6.07, 6.45) is 0. The molecule has 0 radical (unpaired) electrons. The minimum absolute atomic E-state index is 0.484. The lowest BCUT2D eigenvalue weighted by molar-refractivity contribution is 0.873. The van der Waals surface area contributed by atoms with Gasteiger partial charge in [-0.05, 0) is 24.5 Å². The molecule has 118 valence electrons. The van der Waals surface area contributed by atoms with Crippen LogP contribution in [-0.4, -0.2) is 17.6 Å². The Balaban J connectivity index is 2.44. The van der Waals surface area contributed by atoms with Crippen LogP contribution < -0.4 is 15.6 Å². The van der Waals surface area contributed by atoms with Crippen molar-refractivity contribution in [3.05, 3.63) is 52.5 Å². The molecule has 0 amide bonds. The molecular weight excluding hydrogens is 320 g/mol. The van der Waals surface area contributed by atoms with Crippen LogP contribution in [0.15, 0.2) is 36.4 Å². The van der Waals surface area contributed by atoms with Crippen LogP contribution in [0, 0.1) is 6.92 Å². The fourth-order valence-electron chi connectivity index (χ4n) is 3.00. The number of aryl methyl sites for hydroxylation is 1. The van der Waals surface area contributed by atoms with Crippen molar-refractivity contribution in [3.8, 4) is 0 Å². The second-order valence-corrected chi connectivity index (χ2v) is 15.0. The Kier molecular flexibility index (Phi) is 5.36. The standard InChI is InChI=1S/C19H27ClSi2/c1-13(2)19-17(20)8-7-9-18(19)21-15-10-14(3)11-16(12-15)22(4,5)6/h7-13H,21H2,1-6H3. The van der Waals surface area contributed by atoms with E-state index in [0.29, 0.717) is 5.92 Å². The molecule has 3 heteroatoms. The van der Waals surface area contributed by atoms with Crippen molar-refractivity contribution in [3.63, 3.8) is 0 Å². The quantitative estimate of drug-likeness (QED) is 0.744. The molecule has 0 aliphatic carbocycles. The lowest BCUT2D eigenvalue weighted by Gasteiger charge is -2.20. The largest absolute Gasteiger partial charge is 0.0879 e. The molecule has 0 fully saturated rings. The van der Waals surface area contributed by atoms with Gasteiger partial charge in [-0.25, -0.2) is 0 Å². The minimum atomic E-state index is -1.26. The van der Waals surface area contributed by atoms with Gasteiger partial charge in [-0.1, -0.05) is 96.5 Å². The normalized spacial score (nSPS) is 12.5. The number of hydrogen-bond acceptors (Lipinski definition) is 0. The van der Waals surface area contributed by atoms with E-state index in [1.807, 2.05) is 6.07 Å². The van der Waals surface area contributed by atoms with Crippen LogP contribution in [0.2, 0.25) is 24.7 Å². The first kappa shape index (κ1) is 17.5. The molecule has 0 saturated heterocycles. The molecular formula is C19H27ClSi2. The van der Waals surface area contributed by atoms with E-state index in [0.717, 1.165) is 5.02 Å². The molecule has 2 aromatic carbocycles. The molecule has 0 unspecified atom stereocenters. The highest BCUT2D eigenvalue weighted by molar-refractivity contribution is 6.89. The van der Waals surface area contributed by atoms with E-state index in [4.69, 9.17) is 11.6 Å². The van der Waals surface area contributed by atoms with Gasteiger partial charge in [0.1, 0.15) is 0 Å². The summed E-state index contributed by atoms with van der Waals surface area (Å²) < 4.78 is 0. The Bertz CT molecular complexity index is 670. The van der Waals surface area contributed by atoms with E-state index in [-0.39, 0.29) is 0 Å². The third kappa shape index (κ3) is 4.12. The molecule has 0 aromatic heterocycles. The molecule has 2 rings (SSSR count). The molecule has 2 aromatic rings. The van der Waals surface area contributed by atoms with Crippen molar-refractivity contribution in [1.82, 2.24) is 0 Å². The monoisotopic (exact) mass is 346 g/mol. The summed E-state index contributed by atoms with van der Waals surface area (Å²) in [4.78, 5) is 0. The number of rotatable bonds is 4. The molecule has 0 bridgehead atoms. The minimum Gasteiger partial charge on any atom is -0.0840 e. The summed E-state index contributed by atoms with van der Waals surface area (Å²) in [5.74, 6) is 0.484. The first-order valence-corrected chi connectivity index (χ1v) is 13.4. The van der Waals surface area contributed by atoms with Crippen molar-refractivity contribution in [2.75, 3.05) is 0 Å². The molecule has 0 spiro atoms. The summed E-state index contributed by atoms with van der Waals surface area (Å²) in [7, 11) is -1.75.